The van der Waals surface area contributed by atoms with Crippen LogP contribution in [0.1, 0.15) is 43.2 Å². The number of aliphatic carboxylic acids is 1. The van der Waals surface area contributed by atoms with Gasteiger partial charge in [-0.2, -0.15) is 0 Å². The van der Waals surface area contributed by atoms with E-state index >= 15 is 0 Å². The van der Waals surface area contributed by atoms with E-state index in [0.717, 1.165) is 19.3 Å². The lowest BCUT2D eigenvalue weighted by molar-refractivity contribution is -0.145. The van der Waals surface area contributed by atoms with E-state index in [9.17, 15) is 14.3 Å². The van der Waals surface area contributed by atoms with Crippen LogP contribution in [0.4, 0.5) is 4.39 Å². The highest BCUT2D eigenvalue weighted by Gasteiger charge is 2.45. The van der Waals surface area contributed by atoms with Gasteiger partial charge in [-0.15, -0.1) is 0 Å². The van der Waals surface area contributed by atoms with Crippen molar-refractivity contribution in [2.75, 3.05) is 7.11 Å². The highest BCUT2D eigenvalue weighted by molar-refractivity contribution is 9.10. The molecule has 20 heavy (non-hydrogen) atoms. The molecule has 1 aromatic carbocycles. The minimum Gasteiger partial charge on any atom is -0.495 e. The lowest BCUT2D eigenvalue weighted by Crippen LogP contribution is -2.39. The minimum atomic E-state index is -1.04. The Morgan fingerprint density at radius 1 is 1.40 bits per heavy atom. The second-order valence-electron chi connectivity index (χ2n) is 5.32. The summed E-state index contributed by atoms with van der Waals surface area (Å²) in [6.07, 6.45) is 3.74. The van der Waals surface area contributed by atoms with Crippen LogP contribution in [0.3, 0.4) is 0 Å². The average molecular weight is 345 g/mol. The van der Waals surface area contributed by atoms with Gasteiger partial charge in [0.2, 0.25) is 0 Å². The summed E-state index contributed by atoms with van der Waals surface area (Å²) in [5.41, 5.74) is -0.188. The molecule has 0 atom stereocenters. The smallest absolute Gasteiger partial charge is 0.314 e. The number of halogens is 2. The predicted molar refractivity (Wildman–Crippen MR) is 77.8 cm³/mol. The molecule has 1 fully saturated rings. The number of rotatable bonds is 3. The Balaban J connectivity index is 2.73. The quantitative estimate of drug-likeness (QED) is 0.894. The van der Waals surface area contributed by atoms with Crippen molar-refractivity contribution in [1.29, 1.82) is 0 Å². The minimum absolute atomic E-state index is 0.370. The molecule has 2 rings (SSSR count). The summed E-state index contributed by atoms with van der Waals surface area (Å²) in [4.78, 5) is 11.9. The van der Waals surface area contributed by atoms with E-state index < -0.39 is 17.2 Å². The van der Waals surface area contributed by atoms with E-state index in [1.165, 1.54) is 13.2 Å². The summed E-state index contributed by atoms with van der Waals surface area (Å²) >= 11 is 3.27. The normalized spacial score (nSPS) is 17.8. The van der Waals surface area contributed by atoms with Gasteiger partial charge < -0.3 is 9.84 Å². The third-order valence-corrected chi connectivity index (χ3v) is 4.82. The van der Waals surface area contributed by atoms with Crippen molar-refractivity contribution in [1.82, 2.24) is 0 Å². The van der Waals surface area contributed by atoms with Crippen molar-refractivity contribution >= 4 is 21.9 Å². The van der Waals surface area contributed by atoms with E-state index in [0.29, 0.717) is 34.2 Å². The van der Waals surface area contributed by atoms with Crippen molar-refractivity contribution in [3.05, 3.63) is 27.5 Å². The van der Waals surface area contributed by atoms with Gasteiger partial charge in [-0.3, -0.25) is 4.79 Å². The highest BCUT2D eigenvalue weighted by Crippen LogP contribution is 2.48. The predicted octanol–water partition coefficient (Wildman–Crippen LogP) is 4.19. The Morgan fingerprint density at radius 2 is 2.00 bits per heavy atom. The molecule has 1 aromatic rings. The molecule has 0 aromatic heterocycles. The molecule has 1 saturated carbocycles. The summed E-state index contributed by atoms with van der Waals surface area (Å²) in [5.74, 6) is -0.858. The van der Waals surface area contributed by atoms with Crippen LogP contribution in [0.2, 0.25) is 0 Å². The van der Waals surface area contributed by atoms with E-state index in [1.54, 1.807) is 6.92 Å². The topological polar surface area (TPSA) is 46.5 Å². The zero-order chi connectivity index (χ0) is 14.9. The Labute approximate surface area is 126 Å². The molecule has 0 spiro atoms. The molecule has 1 N–H and O–H groups in total. The number of methoxy groups -OCH3 is 1. The monoisotopic (exact) mass is 344 g/mol. The molecule has 5 heteroatoms. The SMILES string of the molecule is COc1c(Br)cc(F)c(C)c1C1(C(=O)O)CCCCC1. The molecule has 1 aliphatic carbocycles. The third kappa shape index (κ3) is 2.32. The van der Waals surface area contributed by atoms with Gasteiger partial charge in [0.05, 0.1) is 17.0 Å². The summed E-state index contributed by atoms with van der Waals surface area (Å²) in [6, 6.07) is 1.33. The van der Waals surface area contributed by atoms with Gasteiger partial charge in [-0.1, -0.05) is 19.3 Å². The summed E-state index contributed by atoms with van der Waals surface area (Å²) in [5, 5.41) is 9.78. The molecule has 0 aliphatic heterocycles. The van der Waals surface area contributed by atoms with Crippen LogP contribution in [0.15, 0.2) is 10.5 Å². The largest absolute Gasteiger partial charge is 0.495 e. The van der Waals surface area contributed by atoms with Crippen molar-refractivity contribution in [2.45, 2.75) is 44.4 Å². The molecule has 0 saturated heterocycles. The van der Waals surface area contributed by atoms with Gasteiger partial charge in [-0.25, -0.2) is 4.39 Å². The number of hydrogen-bond donors (Lipinski definition) is 1. The standard InChI is InChI=1S/C15H18BrFO3/c1-9-11(17)8-10(16)13(20-2)12(9)15(14(18)19)6-4-3-5-7-15/h8H,3-7H2,1-2H3,(H,18,19). The van der Waals surface area contributed by atoms with Crippen molar-refractivity contribution in [3.63, 3.8) is 0 Å². The fourth-order valence-electron chi connectivity index (χ4n) is 3.20. The molecule has 0 bridgehead atoms. The maximum Gasteiger partial charge on any atom is 0.314 e. The Hall–Kier alpha value is -1.10. The summed E-state index contributed by atoms with van der Waals surface area (Å²) in [6.45, 7) is 1.62. The van der Waals surface area contributed by atoms with Crippen molar-refractivity contribution in [3.8, 4) is 5.75 Å². The van der Waals surface area contributed by atoms with Crippen LogP contribution >= 0.6 is 15.9 Å². The fraction of sp³-hybridized carbons (Fsp3) is 0.533. The van der Waals surface area contributed by atoms with Crippen LogP contribution in [-0.4, -0.2) is 18.2 Å². The lowest BCUT2D eigenvalue weighted by Gasteiger charge is -2.36. The number of carboxylic acids is 1. The van der Waals surface area contributed by atoms with Gasteiger partial charge in [-0.05, 0) is 47.3 Å². The molecule has 1 aliphatic rings. The van der Waals surface area contributed by atoms with Crippen LogP contribution < -0.4 is 4.74 Å². The fourth-order valence-corrected chi connectivity index (χ4v) is 3.76. The first kappa shape index (κ1) is 15.3. The zero-order valence-electron chi connectivity index (χ0n) is 11.6. The Kier molecular flexibility index (Phi) is 4.37. The molecular formula is C15H18BrFO3. The zero-order valence-corrected chi connectivity index (χ0v) is 13.2. The number of carboxylic acid groups (broad SMARTS) is 1. The van der Waals surface area contributed by atoms with E-state index in [4.69, 9.17) is 4.74 Å². The van der Waals surface area contributed by atoms with Gasteiger partial charge in [0, 0.05) is 5.56 Å². The number of carbonyl (C=O) groups is 1. The molecule has 0 radical (unpaired) electrons. The number of hydrogen-bond acceptors (Lipinski definition) is 2. The van der Waals surface area contributed by atoms with Gasteiger partial charge in [0.25, 0.3) is 0 Å². The second-order valence-corrected chi connectivity index (χ2v) is 6.18. The third-order valence-electron chi connectivity index (χ3n) is 4.23. The van der Waals surface area contributed by atoms with Crippen molar-refractivity contribution < 1.29 is 19.0 Å². The van der Waals surface area contributed by atoms with Crippen LogP contribution in [0.25, 0.3) is 0 Å². The van der Waals surface area contributed by atoms with Gasteiger partial charge >= 0.3 is 5.97 Å². The maximum absolute atomic E-state index is 14.1. The van der Waals surface area contributed by atoms with E-state index in [2.05, 4.69) is 15.9 Å². The molecule has 0 amide bonds. The Bertz CT molecular complexity index is 536. The first-order chi connectivity index (χ1) is 9.44. The summed E-state index contributed by atoms with van der Waals surface area (Å²) < 4.78 is 19.9. The first-order valence-corrected chi connectivity index (χ1v) is 7.50. The molecule has 3 nitrogen and oxygen atoms in total. The molecule has 0 heterocycles. The maximum atomic E-state index is 14.1. The molecule has 110 valence electrons. The second kappa shape index (κ2) is 5.72. The molecule has 0 unspecified atom stereocenters. The number of ether oxygens (including phenoxy) is 1. The van der Waals surface area contributed by atoms with Crippen LogP contribution in [0, 0.1) is 12.7 Å². The molecular weight excluding hydrogens is 327 g/mol. The van der Waals surface area contributed by atoms with E-state index in [-0.39, 0.29) is 0 Å². The van der Waals surface area contributed by atoms with Crippen LogP contribution in [0.5, 0.6) is 5.75 Å². The Morgan fingerprint density at radius 3 is 2.50 bits per heavy atom. The highest BCUT2D eigenvalue weighted by atomic mass is 79.9. The van der Waals surface area contributed by atoms with Gasteiger partial charge in [0.15, 0.2) is 0 Å². The lowest BCUT2D eigenvalue weighted by atomic mass is 9.68. The van der Waals surface area contributed by atoms with Gasteiger partial charge in [0.1, 0.15) is 11.6 Å². The first-order valence-electron chi connectivity index (χ1n) is 6.70. The average Bonchev–Trinajstić information content (AvgIpc) is 2.43. The van der Waals surface area contributed by atoms with Crippen molar-refractivity contribution in [2.24, 2.45) is 0 Å². The summed E-state index contributed by atoms with van der Waals surface area (Å²) in [7, 11) is 1.49. The van der Waals surface area contributed by atoms with Crippen LogP contribution in [-0.2, 0) is 10.2 Å². The number of benzene rings is 1. The van der Waals surface area contributed by atoms with E-state index in [1.807, 2.05) is 0 Å².